The van der Waals surface area contributed by atoms with Gasteiger partial charge in [-0.25, -0.2) is 0 Å². The van der Waals surface area contributed by atoms with Crippen LogP contribution >= 0.6 is 0 Å². The zero-order chi connectivity index (χ0) is 7.40. The third-order valence-electron chi connectivity index (χ3n) is 1.31. The molecule has 0 amide bonds. The van der Waals surface area contributed by atoms with Crippen LogP contribution in [-0.2, 0) is 0 Å². The number of aliphatic hydroxyl groups excluding tert-OH is 1. The van der Waals surface area contributed by atoms with Gasteiger partial charge in [0.25, 0.3) is 0 Å². The molecule has 2 N–H and O–H groups in total. The molecule has 1 aliphatic rings. The van der Waals surface area contributed by atoms with Gasteiger partial charge >= 0.3 is 0 Å². The maximum absolute atomic E-state index is 8.98. The van der Waals surface area contributed by atoms with Gasteiger partial charge in [-0.1, -0.05) is 6.08 Å². The molecule has 0 radical (unpaired) electrons. The third kappa shape index (κ3) is 1.62. The molecule has 3 nitrogen and oxygen atoms in total. The molecule has 0 fully saturated rings. The molecule has 0 spiro atoms. The summed E-state index contributed by atoms with van der Waals surface area (Å²) in [6.07, 6.45) is 6.11. The minimum Gasteiger partial charge on any atom is -0.508 e. The standard InChI is InChI=1S/C7H10N2O/c1-8-9-6-3-2-4-7(10)5-6/h2,4-6,9-10H,1,3H2. The van der Waals surface area contributed by atoms with Gasteiger partial charge in [-0.2, -0.15) is 5.10 Å². The van der Waals surface area contributed by atoms with E-state index in [0.717, 1.165) is 6.42 Å². The Kier molecular flexibility index (Phi) is 2.10. The summed E-state index contributed by atoms with van der Waals surface area (Å²) in [6.45, 7) is 3.28. The lowest BCUT2D eigenvalue weighted by molar-refractivity contribution is 0.419. The Hall–Kier alpha value is -1.25. The Balaban J connectivity index is 2.51. The zero-order valence-electron chi connectivity index (χ0n) is 5.62. The second-order valence-corrected chi connectivity index (χ2v) is 2.12. The molecule has 0 aromatic rings. The Morgan fingerprint density at radius 1 is 1.80 bits per heavy atom. The number of hydrazone groups is 1. The van der Waals surface area contributed by atoms with Crippen molar-refractivity contribution < 1.29 is 5.11 Å². The van der Waals surface area contributed by atoms with Crippen LogP contribution in [-0.4, -0.2) is 17.9 Å². The smallest absolute Gasteiger partial charge is 0.113 e. The van der Waals surface area contributed by atoms with E-state index in [1.165, 1.54) is 0 Å². The van der Waals surface area contributed by atoms with Crippen molar-refractivity contribution in [2.45, 2.75) is 12.5 Å². The lowest BCUT2D eigenvalue weighted by Gasteiger charge is -2.12. The number of hydrogen-bond acceptors (Lipinski definition) is 3. The van der Waals surface area contributed by atoms with E-state index in [1.54, 1.807) is 12.2 Å². The van der Waals surface area contributed by atoms with Gasteiger partial charge in [0.05, 0.1) is 6.04 Å². The van der Waals surface area contributed by atoms with Crippen LogP contribution in [0.2, 0.25) is 0 Å². The normalized spacial score (nSPS) is 23.6. The quantitative estimate of drug-likeness (QED) is 0.441. The van der Waals surface area contributed by atoms with Gasteiger partial charge in [0.2, 0.25) is 0 Å². The summed E-state index contributed by atoms with van der Waals surface area (Å²) >= 11 is 0. The average Bonchev–Trinajstić information content (AvgIpc) is 1.88. The van der Waals surface area contributed by atoms with Gasteiger partial charge in [-0.05, 0) is 18.6 Å². The van der Waals surface area contributed by atoms with Crippen molar-refractivity contribution in [2.75, 3.05) is 0 Å². The molecule has 3 heteroatoms. The van der Waals surface area contributed by atoms with E-state index in [0.29, 0.717) is 0 Å². The topological polar surface area (TPSA) is 44.6 Å². The first-order valence-corrected chi connectivity index (χ1v) is 3.11. The summed E-state index contributed by atoms with van der Waals surface area (Å²) in [5.41, 5.74) is 2.74. The monoisotopic (exact) mass is 138 g/mol. The molecule has 1 unspecified atom stereocenters. The SMILES string of the molecule is C=NNC1C=C(O)C=CC1. The van der Waals surface area contributed by atoms with Gasteiger partial charge in [0.1, 0.15) is 5.76 Å². The Labute approximate surface area is 59.8 Å². The first-order chi connectivity index (χ1) is 4.83. The molecule has 0 aliphatic heterocycles. The predicted molar refractivity (Wildman–Crippen MR) is 40.9 cm³/mol. The molecule has 1 rings (SSSR count). The van der Waals surface area contributed by atoms with Gasteiger partial charge in [-0.3, -0.25) is 0 Å². The summed E-state index contributed by atoms with van der Waals surface area (Å²) in [7, 11) is 0. The second kappa shape index (κ2) is 3.06. The first kappa shape index (κ1) is 6.86. The van der Waals surface area contributed by atoms with Crippen molar-refractivity contribution in [3.05, 3.63) is 24.0 Å². The van der Waals surface area contributed by atoms with Gasteiger partial charge < -0.3 is 10.5 Å². The Morgan fingerprint density at radius 3 is 3.20 bits per heavy atom. The van der Waals surface area contributed by atoms with Crippen LogP contribution in [0.1, 0.15) is 6.42 Å². The van der Waals surface area contributed by atoms with E-state index in [4.69, 9.17) is 5.11 Å². The van der Waals surface area contributed by atoms with Crippen molar-refractivity contribution in [3.63, 3.8) is 0 Å². The Morgan fingerprint density at radius 2 is 2.60 bits per heavy atom. The minimum atomic E-state index is 0.0995. The molecular formula is C7H10N2O. The molecule has 1 aliphatic carbocycles. The van der Waals surface area contributed by atoms with Crippen molar-refractivity contribution in [1.82, 2.24) is 5.43 Å². The molecule has 0 aromatic carbocycles. The summed E-state index contributed by atoms with van der Waals surface area (Å²) < 4.78 is 0. The number of nitrogens with zero attached hydrogens (tertiary/aromatic N) is 1. The van der Waals surface area contributed by atoms with E-state index in [-0.39, 0.29) is 11.8 Å². The van der Waals surface area contributed by atoms with E-state index < -0.39 is 0 Å². The lowest BCUT2D eigenvalue weighted by Crippen LogP contribution is -2.22. The van der Waals surface area contributed by atoms with Gasteiger partial charge in [0.15, 0.2) is 0 Å². The second-order valence-electron chi connectivity index (χ2n) is 2.12. The molecular weight excluding hydrogens is 128 g/mol. The largest absolute Gasteiger partial charge is 0.508 e. The summed E-state index contributed by atoms with van der Waals surface area (Å²) in [6, 6.07) is 0.0995. The summed E-state index contributed by atoms with van der Waals surface area (Å²) in [4.78, 5) is 0. The fourth-order valence-corrected chi connectivity index (χ4v) is 0.872. The molecule has 0 saturated carbocycles. The summed E-state index contributed by atoms with van der Waals surface area (Å²) in [5.74, 6) is 0.285. The molecule has 0 heterocycles. The third-order valence-corrected chi connectivity index (χ3v) is 1.31. The fraction of sp³-hybridized carbons (Fsp3) is 0.286. The summed E-state index contributed by atoms with van der Waals surface area (Å²) in [5, 5.41) is 12.5. The number of nitrogens with one attached hydrogen (secondary N) is 1. The van der Waals surface area contributed by atoms with Crippen LogP contribution in [0.3, 0.4) is 0 Å². The maximum atomic E-state index is 8.98. The van der Waals surface area contributed by atoms with Crippen molar-refractivity contribution in [1.29, 1.82) is 0 Å². The molecule has 1 atom stereocenters. The van der Waals surface area contributed by atoms with Crippen molar-refractivity contribution in [3.8, 4) is 0 Å². The molecule has 54 valence electrons. The first-order valence-electron chi connectivity index (χ1n) is 3.11. The number of allylic oxidation sites excluding steroid dienone is 1. The molecule has 10 heavy (non-hydrogen) atoms. The van der Waals surface area contributed by atoms with E-state index >= 15 is 0 Å². The van der Waals surface area contributed by atoms with E-state index in [1.807, 2.05) is 6.08 Å². The van der Waals surface area contributed by atoms with Crippen LogP contribution in [0.25, 0.3) is 0 Å². The average molecular weight is 138 g/mol. The van der Waals surface area contributed by atoms with E-state index in [2.05, 4.69) is 17.2 Å². The van der Waals surface area contributed by atoms with Gasteiger partial charge in [-0.15, -0.1) is 0 Å². The van der Waals surface area contributed by atoms with Crippen LogP contribution < -0.4 is 5.43 Å². The van der Waals surface area contributed by atoms with Crippen molar-refractivity contribution in [2.24, 2.45) is 5.10 Å². The molecule has 0 bridgehead atoms. The predicted octanol–water partition coefficient (Wildman–Crippen LogP) is 0.962. The lowest BCUT2D eigenvalue weighted by atomic mass is 10.1. The van der Waals surface area contributed by atoms with Crippen LogP contribution in [0.5, 0.6) is 0 Å². The fourth-order valence-electron chi connectivity index (χ4n) is 0.872. The van der Waals surface area contributed by atoms with Gasteiger partial charge in [0, 0.05) is 6.72 Å². The number of aliphatic hydroxyl groups is 1. The highest BCUT2D eigenvalue weighted by atomic mass is 16.3. The highest BCUT2D eigenvalue weighted by Gasteiger charge is 2.05. The number of rotatable bonds is 2. The van der Waals surface area contributed by atoms with Crippen LogP contribution in [0, 0.1) is 0 Å². The highest BCUT2D eigenvalue weighted by molar-refractivity contribution is 5.24. The minimum absolute atomic E-state index is 0.0995. The molecule has 0 aromatic heterocycles. The van der Waals surface area contributed by atoms with Crippen LogP contribution in [0.4, 0.5) is 0 Å². The number of hydrogen-bond donors (Lipinski definition) is 2. The Bertz CT molecular complexity index is 182. The maximum Gasteiger partial charge on any atom is 0.113 e. The van der Waals surface area contributed by atoms with Crippen LogP contribution in [0.15, 0.2) is 29.1 Å². The van der Waals surface area contributed by atoms with Crippen molar-refractivity contribution >= 4 is 6.72 Å². The molecule has 0 saturated heterocycles. The highest BCUT2D eigenvalue weighted by Crippen LogP contribution is 2.07. The van der Waals surface area contributed by atoms with E-state index in [9.17, 15) is 0 Å². The zero-order valence-corrected chi connectivity index (χ0v) is 5.62.